The minimum atomic E-state index is -0.938. The molecule has 26 heavy (non-hydrogen) atoms. The number of hydrogen-bond donors (Lipinski definition) is 2. The van der Waals surface area contributed by atoms with Gasteiger partial charge in [-0.05, 0) is 25.7 Å². The molecule has 0 saturated carbocycles. The van der Waals surface area contributed by atoms with Crippen molar-refractivity contribution < 1.29 is 20.0 Å². The van der Waals surface area contributed by atoms with Crippen molar-refractivity contribution >= 4 is 5.97 Å². The molecule has 0 bridgehead atoms. The Kier molecular flexibility index (Phi) is 18.4. The Bertz CT molecular complexity index is 435. The monoisotopic (exact) mass is 364 g/mol. The lowest BCUT2D eigenvalue weighted by molar-refractivity contribution is -0.281. The van der Waals surface area contributed by atoms with Crippen LogP contribution in [0.3, 0.4) is 0 Å². The molecule has 148 valence electrons. The van der Waals surface area contributed by atoms with Crippen LogP contribution in [0.1, 0.15) is 77.6 Å². The van der Waals surface area contributed by atoms with Crippen molar-refractivity contribution in [2.45, 2.75) is 83.7 Å². The van der Waals surface area contributed by atoms with Crippen molar-refractivity contribution in [2.75, 3.05) is 0 Å². The summed E-state index contributed by atoms with van der Waals surface area (Å²) in [6, 6.07) is 0. The molecule has 0 spiro atoms. The quantitative estimate of drug-likeness (QED) is 0.102. The SMILES string of the molecule is CCCCCC(CCCCCCCC=CC=CC=CC=CC(=O)O)OO. The zero-order chi connectivity index (χ0) is 19.3. The molecule has 0 aromatic carbocycles. The van der Waals surface area contributed by atoms with E-state index in [-0.39, 0.29) is 6.10 Å². The minimum absolute atomic E-state index is 0.0185. The largest absolute Gasteiger partial charge is 0.478 e. The highest BCUT2D eigenvalue weighted by Gasteiger charge is 2.07. The molecule has 0 aliphatic rings. The molecule has 1 atom stereocenters. The van der Waals surface area contributed by atoms with Gasteiger partial charge >= 0.3 is 5.97 Å². The van der Waals surface area contributed by atoms with Gasteiger partial charge in [0.1, 0.15) is 0 Å². The van der Waals surface area contributed by atoms with Crippen LogP contribution in [0.15, 0.2) is 48.6 Å². The fourth-order valence-electron chi connectivity index (χ4n) is 2.61. The van der Waals surface area contributed by atoms with Crippen LogP contribution in [0.25, 0.3) is 0 Å². The number of carboxylic acid groups (broad SMARTS) is 1. The number of hydrogen-bond acceptors (Lipinski definition) is 3. The van der Waals surface area contributed by atoms with E-state index in [1.807, 2.05) is 18.2 Å². The Balaban J connectivity index is 3.50. The third kappa shape index (κ3) is 18.7. The van der Waals surface area contributed by atoms with E-state index >= 15 is 0 Å². The van der Waals surface area contributed by atoms with E-state index in [9.17, 15) is 4.79 Å². The topological polar surface area (TPSA) is 66.8 Å². The molecular weight excluding hydrogens is 328 g/mol. The van der Waals surface area contributed by atoms with Crippen molar-refractivity contribution in [3.8, 4) is 0 Å². The number of aliphatic carboxylic acids is 1. The maximum atomic E-state index is 10.2. The van der Waals surface area contributed by atoms with E-state index < -0.39 is 5.97 Å². The average Bonchev–Trinajstić information content (AvgIpc) is 2.63. The molecule has 0 aliphatic carbocycles. The number of unbranched alkanes of at least 4 members (excludes halogenated alkanes) is 7. The van der Waals surface area contributed by atoms with Gasteiger partial charge in [0.05, 0.1) is 6.10 Å². The highest BCUT2D eigenvalue weighted by Crippen LogP contribution is 2.14. The molecule has 0 aromatic heterocycles. The summed E-state index contributed by atoms with van der Waals surface area (Å²) in [7, 11) is 0. The molecule has 0 saturated heterocycles. The Morgan fingerprint density at radius 2 is 1.42 bits per heavy atom. The molecular formula is C22H36O4. The zero-order valence-corrected chi connectivity index (χ0v) is 16.2. The summed E-state index contributed by atoms with van der Waals surface area (Å²) in [5.41, 5.74) is 0. The van der Waals surface area contributed by atoms with Crippen LogP contribution in [0.2, 0.25) is 0 Å². The summed E-state index contributed by atoms with van der Waals surface area (Å²) in [6.07, 6.45) is 26.6. The fourth-order valence-corrected chi connectivity index (χ4v) is 2.61. The predicted molar refractivity (Wildman–Crippen MR) is 108 cm³/mol. The van der Waals surface area contributed by atoms with Crippen LogP contribution in [0, 0.1) is 0 Å². The highest BCUT2D eigenvalue weighted by molar-refractivity contribution is 5.80. The summed E-state index contributed by atoms with van der Waals surface area (Å²) >= 11 is 0. The van der Waals surface area contributed by atoms with E-state index in [0.29, 0.717) is 0 Å². The zero-order valence-electron chi connectivity index (χ0n) is 16.2. The maximum absolute atomic E-state index is 10.2. The molecule has 0 aromatic rings. The van der Waals surface area contributed by atoms with Gasteiger partial charge in [-0.3, -0.25) is 5.26 Å². The van der Waals surface area contributed by atoms with E-state index in [0.717, 1.165) is 38.2 Å². The van der Waals surface area contributed by atoms with E-state index in [1.165, 1.54) is 44.6 Å². The lowest BCUT2D eigenvalue weighted by atomic mass is 10.0. The molecule has 1 unspecified atom stereocenters. The summed E-state index contributed by atoms with van der Waals surface area (Å²) in [5, 5.41) is 17.3. The number of carboxylic acids is 1. The summed E-state index contributed by atoms with van der Waals surface area (Å²) in [6.45, 7) is 2.18. The van der Waals surface area contributed by atoms with Gasteiger partial charge in [0, 0.05) is 6.08 Å². The van der Waals surface area contributed by atoms with E-state index in [4.69, 9.17) is 10.4 Å². The van der Waals surface area contributed by atoms with Gasteiger partial charge in [-0.1, -0.05) is 94.4 Å². The van der Waals surface area contributed by atoms with Gasteiger partial charge in [0.15, 0.2) is 0 Å². The second-order valence-corrected chi connectivity index (χ2v) is 6.46. The smallest absolute Gasteiger partial charge is 0.328 e. The molecule has 0 fully saturated rings. The van der Waals surface area contributed by atoms with Gasteiger partial charge in [0.25, 0.3) is 0 Å². The molecule has 0 amide bonds. The molecule has 0 heterocycles. The van der Waals surface area contributed by atoms with Crippen LogP contribution in [0.5, 0.6) is 0 Å². The van der Waals surface area contributed by atoms with Gasteiger partial charge in [-0.2, -0.15) is 0 Å². The predicted octanol–water partition coefficient (Wildman–Crippen LogP) is 6.47. The highest BCUT2D eigenvalue weighted by atomic mass is 17.1. The average molecular weight is 365 g/mol. The van der Waals surface area contributed by atoms with Crippen LogP contribution in [-0.4, -0.2) is 22.4 Å². The minimum Gasteiger partial charge on any atom is -0.478 e. The van der Waals surface area contributed by atoms with Crippen molar-refractivity contribution in [3.63, 3.8) is 0 Å². The Morgan fingerprint density at radius 1 is 0.846 bits per heavy atom. The van der Waals surface area contributed by atoms with Crippen LogP contribution in [0.4, 0.5) is 0 Å². The first-order chi connectivity index (χ1) is 12.7. The Morgan fingerprint density at radius 3 is 2.08 bits per heavy atom. The summed E-state index contributed by atoms with van der Waals surface area (Å²) < 4.78 is 0. The lowest BCUT2D eigenvalue weighted by Crippen LogP contribution is -2.10. The Hall–Kier alpha value is -1.65. The first kappa shape index (κ1) is 24.4. The normalized spacial score (nSPS) is 13.6. The second kappa shape index (κ2) is 19.7. The molecule has 0 radical (unpaired) electrons. The maximum Gasteiger partial charge on any atom is 0.328 e. The van der Waals surface area contributed by atoms with Crippen molar-refractivity contribution in [2.24, 2.45) is 0 Å². The molecule has 4 heteroatoms. The van der Waals surface area contributed by atoms with Crippen molar-refractivity contribution in [1.82, 2.24) is 0 Å². The molecule has 2 N–H and O–H groups in total. The van der Waals surface area contributed by atoms with Crippen molar-refractivity contribution in [1.29, 1.82) is 0 Å². The van der Waals surface area contributed by atoms with Crippen LogP contribution >= 0.6 is 0 Å². The number of rotatable bonds is 17. The third-order valence-corrected chi connectivity index (χ3v) is 4.11. The second-order valence-electron chi connectivity index (χ2n) is 6.46. The Labute approximate surface area is 158 Å². The lowest BCUT2D eigenvalue weighted by Gasteiger charge is -2.12. The fraction of sp³-hybridized carbons (Fsp3) is 0.591. The molecule has 0 aliphatic heterocycles. The van der Waals surface area contributed by atoms with Gasteiger partial charge in [0.2, 0.25) is 0 Å². The van der Waals surface area contributed by atoms with E-state index in [1.54, 1.807) is 12.2 Å². The van der Waals surface area contributed by atoms with Crippen LogP contribution < -0.4 is 0 Å². The first-order valence-corrected chi connectivity index (χ1v) is 9.90. The van der Waals surface area contributed by atoms with Gasteiger partial charge < -0.3 is 5.11 Å². The van der Waals surface area contributed by atoms with E-state index in [2.05, 4.69) is 17.9 Å². The molecule has 4 nitrogen and oxygen atoms in total. The third-order valence-electron chi connectivity index (χ3n) is 4.11. The van der Waals surface area contributed by atoms with Crippen molar-refractivity contribution in [3.05, 3.63) is 48.6 Å². The van der Waals surface area contributed by atoms with Gasteiger partial charge in [-0.15, -0.1) is 0 Å². The number of allylic oxidation sites excluding steroid dienone is 7. The molecule has 0 rings (SSSR count). The van der Waals surface area contributed by atoms with Gasteiger partial charge in [-0.25, -0.2) is 9.68 Å². The standard InChI is InChI=1S/C22H36O4/c1-2-3-15-18-21(26-25)19-16-13-11-9-7-5-4-6-8-10-12-14-17-20-22(23)24/h4,6,8,10,12,14,17,20-21,25H,2-3,5,7,9,11,13,15-16,18-19H2,1H3,(H,23,24). The summed E-state index contributed by atoms with van der Waals surface area (Å²) in [4.78, 5) is 14.8. The number of carbonyl (C=O) groups is 1. The summed E-state index contributed by atoms with van der Waals surface area (Å²) in [5.74, 6) is -0.938. The first-order valence-electron chi connectivity index (χ1n) is 9.90. The van der Waals surface area contributed by atoms with Crippen LogP contribution in [-0.2, 0) is 9.68 Å².